The van der Waals surface area contributed by atoms with Gasteiger partial charge in [0, 0.05) is 44.5 Å². The van der Waals surface area contributed by atoms with Gasteiger partial charge in [0.25, 0.3) is 0 Å². The number of phenols is 1. The van der Waals surface area contributed by atoms with E-state index < -0.39 is 0 Å². The second-order valence-corrected chi connectivity index (χ2v) is 18.4. The second kappa shape index (κ2) is 15.0. The maximum atomic E-state index is 11.5. The van der Waals surface area contributed by atoms with Gasteiger partial charge in [0.05, 0.1) is 16.8 Å². The van der Waals surface area contributed by atoms with E-state index >= 15 is 0 Å². The molecule has 302 valence electrons. The van der Waals surface area contributed by atoms with Crippen molar-refractivity contribution in [2.45, 2.75) is 107 Å². The Labute approximate surface area is 355 Å². The Kier molecular flexibility index (Phi) is 10.6. The summed E-state index contributed by atoms with van der Waals surface area (Å²) in [6.45, 7) is 26.1. The van der Waals surface area contributed by atoms with Crippen molar-refractivity contribution in [1.29, 1.82) is 0 Å². The number of fused-ring (bicyclic) bond motifs is 3. The molecule has 0 aliphatic heterocycles. The molecule has 0 unspecified atom stereocenters. The molecule has 0 fully saturated rings. The molecule has 8 rings (SSSR count). The van der Waals surface area contributed by atoms with E-state index in [0.29, 0.717) is 39.4 Å². The Hall–Kier alpha value is -5.00. The van der Waals surface area contributed by atoms with Gasteiger partial charge in [0.1, 0.15) is 40.3 Å². The second-order valence-electron chi connectivity index (χ2n) is 18.4. The molecule has 0 amide bonds. The molecule has 0 aliphatic carbocycles. The SMILES string of the molecule is Cc1oc2ccc(O)c(-c3nc4c(-c5[c-]c(-c6ncnc7cc(CC(C)(C)C)oc67)cc(C(C)(C)C)c5)ccc(-c5c(C(C)C)cccc5C(C)C)c4o3)c2c1C.[Pt]. The number of aromatic hydroxyl groups is 1. The van der Waals surface area contributed by atoms with Gasteiger partial charge in [0.15, 0.2) is 5.58 Å². The number of oxazole rings is 1. The standard InChI is InChI=1S/C50H52N3O4.Pt/c1-26(2)34-14-13-15-35(27(3)4)42(34)37-17-16-36(45-46(37)57-48(53-45)43-39(54)18-19-40-41(43)28(5)29(6)55-40)30-20-31(22-32(21-30)50(10,11)12)44-47-38(51-25-52-44)23-33(56-47)24-49(7,8)9;/h13-19,21-23,25-27,54H,24H2,1-12H3;/q-1;. The average molecular weight is 954 g/mol. The summed E-state index contributed by atoms with van der Waals surface area (Å²) < 4.78 is 19.6. The Balaban J connectivity index is 0.00000512. The maximum Gasteiger partial charge on any atom is 0.231 e. The van der Waals surface area contributed by atoms with Crippen molar-refractivity contribution in [1.82, 2.24) is 15.0 Å². The Morgan fingerprint density at radius 3 is 2.07 bits per heavy atom. The summed E-state index contributed by atoms with van der Waals surface area (Å²) in [5, 5.41) is 12.3. The van der Waals surface area contributed by atoms with Crippen molar-refractivity contribution in [2.75, 3.05) is 0 Å². The zero-order chi connectivity index (χ0) is 40.7. The van der Waals surface area contributed by atoms with Crippen LogP contribution < -0.4 is 0 Å². The number of benzene rings is 4. The smallest absolute Gasteiger partial charge is 0.231 e. The van der Waals surface area contributed by atoms with Crippen LogP contribution in [0.1, 0.15) is 115 Å². The van der Waals surface area contributed by atoms with Crippen molar-refractivity contribution in [2.24, 2.45) is 5.41 Å². The molecule has 0 atom stereocenters. The predicted molar refractivity (Wildman–Crippen MR) is 231 cm³/mol. The van der Waals surface area contributed by atoms with Crippen LogP contribution in [0.5, 0.6) is 5.75 Å². The molecule has 1 N–H and O–H groups in total. The van der Waals surface area contributed by atoms with E-state index in [1.807, 2.05) is 19.9 Å². The van der Waals surface area contributed by atoms with E-state index in [4.69, 9.17) is 23.2 Å². The Morgan fingerprint density at radius 2 is 1.41 bits per heavy atom. The van der Waals surface area contributed by atoms with Crippen LogP contribution in [-0.2, 0) is 32.9 Å². The van der Waals surface area contributed by atoms with E-state index in [1.54, 1.807) is 18.5 Å². The summed E-state index contributed by atoms with van der Waals surface area (Å²) in [7, 11) is 0. The van der Waals surface area contributed by atoms with Gasteiger partial charge in [-0.2, -0.15) is 0 Å². The summed E-state index contributed by atoms with van der Waals surface area (Å²) >= 11 is 0. The molecule has 4 aromatic heterocycles. The zero-order valence-electron chi connectivity index (χ0n) is 35.5. The number of rotatable bonds is 7. The molecule has 7 nitrogen and oxygen atoms in total. The van der Waals surface area contributed by atoms with Crippen LogP contribution in [0.3, 0.4) is 0 Å². The first kappa shape index (κ1) is 41.2. The molecule has 0 saturated heterocycles. The van der Waals surface area contributed by atoms with Crippen molar-refractivity contribution in [3.05, 3.63) is 107 Å². The quantitative estimate of drug-likeness (QED) is 0.159. The van der Waals surface area contributed by atoms with Crippen LogP contribution in [-0.4, -0.2) is 20.1 Å². The van der Waals surface area contributed by atoms with E-state index in [-0.39, 0.29) is 49.5 Å². The van der Waals surface area contributed by atoms with Crippen molar-refractivity contribution >= 4 is 33.2 Å². The first-order valence-corrected chi connectivity index (χ1v) is 20.0. The number of nitrogens with zero attached hydrogens (tertiary/aromatic N) is 3. The van der Waals surface area contributed by atoms with E-state index in [2.05, 4.69) is 123 Å². The van der Waals surface area contributed by atoms with Gasteiger partial charge < -0.3 is 18.4 Å². The maximum absolute atomic E-state index is 11.5. The van der Waals surface area contributed by atoms with Crippen LogP contribution in [0, 0.1) is 25.3 Å². The largest absolute Gasteiger partial charge is 0.507 e. The van der Waals surface area contributed by atoms with Gasteiger partial charge in [-0.25, -0.2) is 9.97 Å². The van der Waals surface area contributed by atoms with Crippen LogP contribution in [0.2, 0.25) is 0 Å². The van der Waals surface area contributed by atoms with Crippen molar-refractivity contribution in [3.8, 4) is 50.7 Å². The third-order valence-corrected chi connectivity index (χ3v) is 11.1. The van der Waals surface area contributed by atoms with Crippen molar-refractivity contribution < 1.29 is 39.4 Å². The Bertz CT molecular complexity index is 2820. The zero-order valence-corrected chi connectivity index (χ0v) is 37.8. The van der Waals surface area contributed by atoms with Crippen LogP contribution in [0.15, 0.2) is 80.2 Å². The van der Waals surface area contributed by atoms with Gasteiger partial charge in [0.2, 0.25) is 5.89 Å². The minimum Gasteiger partial charge on any atom is -0.507 e. The normalized spacial score (nSPS) is 12.4. The monoisotopic (exact) mass is 953 g/mol. The molecule has 0 bridgehead atoms. The summed E-state index contributed by atoms with van der Waals surface area (Å²) in [5.74, 6) is 2.59. The third-order valence-electron chi connectivity index (χ3n) is 11.1. The van der Waals surface area contributed by atoms with Gasteiger partial charge in [-0.3, -0.25) is 4.98 Å². The number of aromatic nitrogens is 3. The molecule has 0 spiro atoms. The van der Waals surface area contributed by atoms with Crippen LogP contribution >= 0.6 is 0 Å². The van der Waals surface area contributed by atoms with E-state index in [0.717, 1.165) is 67.8 Å². The average Bonchev–Trinajstić information content (AvgIpc) is 3.84. The topological polar surface area (TPSA) is 98.3 Å². The molecule has 0 aliphatic rings. The molecule has 8 aromatic rings. The fraction of sp³-hybridized carbons (Fsp3) is 0.340. The van der Waals surface area contributed by atoms with Crippen LogP contribution in [0.4, 0.5) is 0 Å². The Morgan fingerprint density at radius 1 is 0.741 bits per heavy atom. The molecule has 4 aromatic carbocycles. The van der Waals surface area contributed by atoms with Crippen LogP contribution in [0.25, 0.3) is 78.1 Å². The first-order valence-electron chi connectivity index (χ1n) is 20.0. The molecule has 0 radical (unpaired) electrons. The minimum absolute atomic E-state index is 0. The molecular weight excluding hydrogens is 902 g/mol. The van der Waals surface area contributed by atoms with Crippen molar-refractivity contribution in [3.63, 3.8) is 0 Å². The fourth-order valence-corrected chi connectivity index (χ4v) is 8.03. The molecule has 8 heteroatoms. The third kappa shape index (κ3) is 7.32. The fourth-order valence-electron chi connectivity index (χ4n) is 8.03. The number of hydrogen-bond acceptors (Lipinski definition) is 7. The molecule has 4 heterocycles. The summed E-state index contributed by atoms with van der Waals surface area (Å²) in [6.07, 6.45) is 2.38. The van der Waals surface area contributed by atoms with Gasteiger partial charge in [-0.05, 0) is 70.9 Å². The number of furan rings is 2. The summed E-state index contributed by atoms with van der Waals surface area (Å²) in [4.78, 5) is 14.7. The summed E-state index contributed by atoms with van der Waals surface area (Å²) in [5.41, 5.74) is 13.6. The number of aryl methyl sites for hydroxylation is 2. The molecule has 0 saturated carbocycles. The van der Waals surface area contributed by atoms with Gasteiger partial charge in [-0.15, -0.1) is 29.3 Å². The first-order chi connectivity index (χ1) is 26.9. The number of phenolic OH excluding ortho intramolecular Hbond substituents is 1. The molecular formula is C50H52N3O4Pt-. The van der Waals surface area contributed by atoms with Gasteiger partial charge >= 0.3 is 0 Å². The minimum atomic E-state index is -0.209. The van der Waals surface area contributed by atoms with E-state index in [9.17, 15) is 5.11 Å². The van der Waals surface area contributed by atoms with Gasteiger partial charge in [-0.1, -0.05) is 111 Å². The summed E-state index contributed by atoms with van der Waals surface area (Å²) in [6, 6.07) is 24.5. The molecule has 58 heavy (non-hydrogen) atoms. The predicted octanol–water partition coefficient (Wildman–Crippen LogP) is 14.0. The van der Waals surface area contributed by atoms with E-state index in [1.165, 1.54) is 11.1 Å². The number of hydrogen-bond donors (Lipinski definition) is 1.